The van der Waals surface area contributed by atoms with Crippen LogP contribution in [0.25, 0.3) is 0 Å². The summed E-state index contributed by atoms with van der Waals surface area (Å²) in [6.45, 7) is 2.67. The molecule has 0 saturated heterocycles. The van der Waals surface area contributed by atoms with Crippen LogP contribution in [0.3, 0.4) is 0 Å². The molecule has 0 fully saturated rings. The zero-order valence-corrected chi connectivity index (χ0v) is 13.5. The van der Waals surface area contributed by atoms with Gasteiger partial charge in [-0.2, -0.15) is 0 Å². The first-order valence-electron chi connectivity index (χ1n) is 7.41. The summed E-state index contributed by atoms with van der Waals surface area (Å²) in [5.74, 6) is -2.12. The summed E-state index contributed by atoms with van der Waals surface area (Å²) in [4.78, 5) is 35.8. The number of Topliss-reactive ketones (excluding diaryl/α,β-unsaturated/α-hetero) is 2. The third-order valence-electron chi connectivity index (χ3n) is 3.34. The summed E-state index contributed by atoms with van der Waals surface area (Å²) in [6.07, 6.45) is 0. The van der Waals surface area contributed by atoms with E-state index in [-0.39, 0.29) is 12.2 Å². The molecule has 2 aromatic carbocycles. The van der Waals surface area contributed by atoms with E-state index in [0.29, 0.717) is 11.1 Å². The maximum Gasteiger partial charge on any atom is 0.380 e. The lowest BCUT2D eigenvalue weighted by Gasteiger charge is -2.16. The topological polar surface area (TPSA) is 80.7 Å². The molecule has 1 N–H and O–H groups in total. The van der Waals surface area contributed by atoms with Crippen LogP contribution < -0.4 is 0 Å². The Morgan fingerprint density at radius 1 is 0.958 bits per heavy atom. The summed E-state index contributed by atoms with van der Waals surface area (Å²) in [5.41, 5.74) is -0.364. The Kier molecular flexibility index (Phi) is 5.26. The van der Waals surface area contributed by atoms with Gasteiger partial charge in [0.1, 0.15) is 12.2 Å². The van der Waals surface area contributed by atoms with E-state index in [0.717, 1.165) is 0 Å². The molecular formula is C19H18O5. The predicted molar refractivity (Wildman–Crippen MR) is 87.6 cm³/mol. The molecule has 0 aromatic heterocycles. The highest BCUT2D eigenvalue weighted by Crippen LogP contribution is 2.15. The van der Waals surface area contributed by atoms with Crippen LogP contribution >= 0.6 is 0 Å². The second-order valence-electron chi connectivity index (χ2n) is 5.86. The third-order valence-corrected chi connectivity index (χ3v) is 3.34. The van der Waals surface area contributed by atoms with E-state index in [1.54, 1.807) is 36.4 Å². The number of esters is 1. The first-order valence-corrected chi connectivity index (χ1v) is 7.41. The van der Waals surface area contributed by atoms with E-state index in [4.69, 9.17) is 4.74 Å². The van der Waals surface area contributed by atoms with Crippen molar-refractivity contribution < 1.29 is 24.2 Å². The summed E-state index contributed by atoms with van der Waals surface area (Å²) in [6, 6.07) is 14.5. The molecule has 0 bridgehead atoms. The number of rotatable bonds is 6. The average Bonchev–Trinajstić information content (AvgIpc) is 2.58. The second kappa shape index (κ2) is 7.19. The highest BCUT2D eigenvalue weighted by atomic mass is 16.5. The van der Waals surface area contributed by atoms with E-state index in [2.05, 4.69) is 0 Å². The Bertz CT molecular complexity index is 757. The van der Waals surface area contributed by atoms with Crippen LogP contribution in [0.4, 0.5) is 0 Å². The Labute approximate surface area is 139 Å². The third kappa shape index (κ3) is 4.36. The quantitative estimate of drug-likeness (QED) is 0.501. The van der Waals surface area contributed by atoms with Gasteiger partial charge in [-0.15, -0.1) is 0 Å². The van der Waals surface area contributed by atoms with Crippen molar-refractivity contribution in [1.82, 2.24) is 0 Å². The summed E-state index contributed by atoms with van der Waals surface area (Å²) in [7, 11) is 0. The number of ketones is 2. The summed E-state index contributed by atoms with van der Waals surface area (Å²) < 4.78 is 5.00. The number of carbonyl (C=O) groups is 3. The van der Waals surface area contributed by atoms with Crippen LogP contribution in [0.5, 0.6) is 0 Å². The van der Waals surface area contributed by atoms with Gasteiger partial charge >= 0.3 is 5.97 Å². The van der Waals surface area contributed by atoms with Crippen molar-refractivity contribution in [3.8, 4) is 0 Å². The Morgan fingerprint density at radius 3 is 2.21 bits per heavy atom. The van der Waals surface area contributed by atoms with Gasteiger partial charge in [0.25, 0.3) is 5.78 Å². The van der Waals surface area contributed by atoms with Crippen molar-refractivity contribution in [2.45, 2.75) is 26.1 Å². The molecule has 2 rings (SSSR count). The normalized spacial score (nSPS) is 11.0. The predicted octanol–water partition coefficient (Wildman–Crippen LogP) is 2.57. The Hall–Kier alpha value is -2.79. The van der Waals surface area contributed by atoms with Crippen molar-refractivity contribution >= 4 is 17.5 Å². The van der Waals surface area contributed by atoms with E-state index < -0.39 is 23.1 Å². The van der Waals surface area contributed by atoms with E-state index in [1.165, 1.54) is 32.0 Å². The number of aliphatic hydroxyl groups is 1. The lowest BCUT2D eigenvalue weighted by Crippen LogP contribution is -2.31. The van der Waals surface area contributed by atoms with Crippen molar-refractivity contribution in [2.75, 3.05) is 0 Å². The average molecular weight is 326 g/mol. The van der Waals surface area contributed by atoms with Gasteiger partial charge in [-0.25, -0.2) is 4.79 Å². The van der Waals surface area contributed by atoms with Gasteiger partial charge in [-0.1, -0.05) is 48.5 Å². The standard InChI is InChI=1S/C19H18O5/c1-19(2,23)17(21)15-10-6-7-13(11-15)12-24-18(22)16(20)14-8-4-3-5-9-14/h3-11,23H,12H2,1-2H3. The largest absolute Gasteiger partial charge is 0.455 e. The molecule has 0 heterocycles. The highest BCUT2D eigenvalue weighted by molar-refractivity contribution is 6.40. The van der Waals surface area contributed by atoms with E-state index >= 15 is 0 Å². The first kappa shape index (κ1) is 17.6. The second-order valence-corrected chi connectivity index (χ2v) is 5.86. The van der Waals surface area contributed by atoms with Gasteiger partial charge in [0, 0.05) is 11.1 Å². The van der Waals surface area contributed by atoms with Crippen molar-refractivity contribution in [1.29, 1.82) is 0 Å². The van der Waals surface area contributed by atoms with Crippen LogP contribution in [0.1, 0.15) is 40.1 Å². The molecule has 2 aromatic rings. The first-order chi connectivity index (χ1) is 11.3. The molecule has 5 nitrogen and oxygen atoms in total. The Balaban J connectivity index is 2.03. The van der Waals surface area contributed by atoms with E-state index in [9.17, 15) is 19.5 Å². The molecule has 0 spiro atoms. The van der Waals surface area contributed by atoms with Gasteiger partial charge in [0.2, 0.25) is 0 Å². The molecule has 0 amide bonds. The molecule has 124 valence electrons. The zero-order chi connectivity index (χ0) is 17.7. The van der Waals surface area contributed by atoms with Crippen LogP contribution in [-0.4, -0.2) is 28.2 Å². The molecule has 0 unspecified atom stereocenters. The monoisotopic (exact) mass is 326 g/mol. The Morgan fingerprint density at radius 2 is 1.58 bits per heavy atom. The minimum absolute atomic E-state index is 0.135. The molecule has 0 aliphatic carbocycles. The maximum atomic E-state index is 12.0. The number of benzene rings is 2. The summed E-state index contributed by atoms with van der Waals surface area (Å²) >= 11 is 0. The molecule has 0 aliphatic heterocycles. The molecule has 5 heteroatoms. The highest BCUT2D eigenvalue weighted by Gasteiger charge is 2.25. The minimum atomic E-state index is -1.49. The van der Waals surface area contributed by atoms with Gasteiger partial charge < -0.3 is 9.84 Å². The van der Waals surface area contributed by atoms with Crippen molar-refractivity contribution in [2.24, 2.45) is 0 Å². The van der Waals surface area contributed by atoms with Gasteiger partial charge in [-0.3, -0.25) is 9.59 Å². The number of hydrogen-bond donors (Lipinski definition) is 1. The zero-order valence-electron chi connectivity index (χ0n) is 13.5. The minimum Gasteiger partial charge on any atom is -0.455 e. The molecule has 0 radical (unpaired) electrons. The van der Waals surface area contributed by atoms with Crippen LogP contribution in [0.15, 0.2) is 54.6 Å². The fourth-order valence-corrected chi connectivity index (χ4v) is 2.08. The van der Waals surface area contributed by atoms with Gasteiger partial charge in [0.15, 0.2) is 5.78 Å². The number of ether oxygens (including phenoxy) is 1. The van der Waals surface area contributed by atoms with Crippen molar-refractivity contribution in [3.63, 3.8) is 0 Å². The van der Waals surface area contributed by atoms with E-state index in [1.807, 2.05) is 0 Å². The molecule has 0 saturated carbocycles. The fourth-order valence-electron chi connectivity index (χ4n) is 2.08. The molecule has 0 atom stereocenters. The van der Waals surface area contributed by atoms with Crippen LogP contribution in [0.2, 0.25) is 0 Å². The summed E-state index contributed by atoms with van der Waals surface area (Å²) in [5, 5.41) is 9.77. The molecule has 24 heavy (non-hydrogen) atoms. The molecule has 0 aliphatic rings. The van der Waals surface area contributed by atoms with Crippen LogP contribution in [-0.2, 0) is 16.1 Å². The van der Waals surface area contributed by atoms with Gasteiger partial charge in [-0.05, 0) is 25.5 Å². The van der Waals surface area contributed by atoms with Crippen LogP contribution in [0, 0.1) is 0 Å². The lowest BCUT2D eigenvalue weighted by atomic mass is 9.96. The fraction of sp³-hybridized carbons (Fsp3) is 0.211. The smallest absolute Gasteiger partial charge is 0.380 e. The SMILES string of the molecule is CC(C)(O)C(=O)c1cccc(COC(=O)C(=O)c2ccccc2)c1. The lowest BCUT2D eigenvalue weighted by molar-refractivity contribution is -0.139. The van der Waals surface area contributed by atoms with Gasteiger partial charge in [0.05, 0.1) is 0 Å². The number of hydrogen-bond acceptors (Lipinski definition) is 5. The van der Waals surface area contributed by atoms with Crippen molar-refractivity contribution in [3.05, 3.63) is 71.3 Å². The number of carbonyl (C=O) groups excluding carboxylic acids is 3. The molecular weight excluding hydrogens is 308 g/mol. The maximum absolute atomic E-state index is 12.0.